The van der Waals surface area contributed by atoms with Gasteiger partial charge in [0.25, 0.3) is 0 Å². The Bertz CT molecular complexity index is 980. The number of amides is 1. The van der Waals surface area contributed by atoms with Crippen LogP contribution in [-0.2, 0) is 11.3 Å². The average molecular weight is 420 g/mol. The molecule has 6 heteroatoms. The Hall–Kier alpha value is -2.83. The summed E-state index contributed by atoms with van der Waals surface area (Å²) < 4.78 is 0. The van der Waals surface area contributed by atoms with Crippen molar-refractivity contribution in [3.8, 4) is 10.6 Å². The minimum Gasteiger partial charge on any atom is -0.340 e. The van der Waals surface area contributed by atoms with Crippen molar-refractivity contribution in [3.63, 3.8) is 0 Å². The fraction of sp³-hybridized carbons (Fsp3) is 0.292. The molecule has 2 aromatic carbocycles. The smallest absolute Gasteiger partial charge is 0.223 e. The van der Waals surface area contributed by atoms with E-state index in [1.165, 1.54) is 0 Å². The molecule has 3 aromatic rings. The van der Waals surface area contributed by atoms with Crippen LogP contribution in [0.2, 0.25) is 0 Å². The second-order valence-corrected chi connectivity index (χ2v) is 8.31. The lowest BCUT2D eigenvalue weighted by atomic mass is 10.1. The molecular weight excluding hydrogens is 394 g/mol. The topological polar surface area (TPSA) is 53.5 Å². The Morgan fingerprint density at radius 2 is 1.53 bits per heavy atom. The summed E-state index contributed by atoms with van der Waals surface area (Å²) in [5.74, 6) is 0.0966. The predicted octanol–water partition coefficient (Wildman–Crippen LogP) is 4.12. The monoisotopic (exact) mass is 419 g/mol. The van der Waals surface area contributed by atoms with Gasteiger partial charge in [0.2, 0.25) is 5.91 Å². The molecule has 0 saturated carbocycles. The van der Waals surface area contributed by atoms with Crippen LogP contribution in [-0.4, -0.2) is 52.7 Å². The summed E-state index contributed by atoms with van der Waals surface area (Å²) in [4.78, 5) is 33.7. The zero-order valence-electron chi connectivity index (χ0n) is 16.9. The molecular formula is C24H25N3O2S. The van der Waals surface area contributed by atoms with Crippen LogP contribution in [0.15, 0.2) is 66.0 Å². The second-order valence-electron chi connectivity index (χ2n) is 7.46. The van der Waals surface area contributed by atoms with Gasteiger partial charge in [0.1, 0.15) is 5.01 Å². The molecule has 0 unspecified atom stereocenters. The van der Waals surface area contributed by atoms with Crippen LogP contribution < -0.4 is 0 Å². The van der Waals surface area contributed by atoms with Gasteiger partial charge in [-0.25, -0.2) is 4.98 Å². The first-order valence-electron chi connectivity index (χ1n) is 10.3. The molecule has 2 heterocycles. The first-order chi connectivity index (χ1) is 14.7. The number of piperazine rings is 1. The van der Waals surface area contributed by atoms with Crippen LogP contribution >= 0.6 is 11.3 Å². The number of hydrogen-bond acceptors (Lipinski definition) is 5. The van der Waals surface area contributed by atoms with Gasteiger partial charge in [0, 0.05) is 62.1 Å². The van der Waals surface area contributed by atoms with Crippen molar-refractivity contribution in [1.29, 1.82) is 0 Å². The van der Waals surface area contributed by atoms with E-state index in [0.717, 1.165) is 35.9 Å². The van der Waals surface area contributed by atoms with E-state index in [2.05, 4.69) is 22.4 Å². The van der Waals surface area contributed by atoms with Crippen molar-refractivity contribution < 1.29 is 9.59 Å². The van der Waals surface area contributed by atoms with Gasteiger partial charge in [0.15, 0.2) is 5.78 Å². The highest BCUT2D eigenvalue weighted by molar-refractivity contribution is 7.13. The van der Waals surface area contributed by atoms with Gasteiger partial charge in [-0.05, 0) is 0 Å². The van der Waals surface area contributed by atoms with Crippen molar-refractivity contribution in [2.45, 2.75) is 19.4 Å². The molecule has 1 amide bonds. The molecule has 0 N–H and O–H groups in total. The summed E-state index contributed by atoms with van der Waals surface area (Å²) >= 11 is 1.67. The van der Waals surface area contributed by atoms with Crippen LogP contribution in [0.5, 0.6) is 0 Å². The van der Waals surface area contributed by atoms with E-state index in [0.29, 0.717) is 18.7 Å². The lowest BCUT2D eigenvalue weighted by Gasteiger charge is -2.34. The summed E-state index contributed by atoms with van der Waals surface area (Å²) in [6.07, 6.45) is 0.546. The van der Waals surface area contributed by atoms with Gasteiger partial charge in [-0.3, -0.25) is 14.5 Å². The first kappa shape index (κ1) is 20.4. The minimum atomic E-state index is 0.0281. The van der Waals surface area contributed by atoms with Gasteiger partial charge in [-0.2, -0.15) is 0 Å². The molecule has 0 bridgehead atoms. The molecule has 0 spiro atoms. The molecule has 154 valence electrons. The molecule has 1 aliphatic heterocycles. The normalized spacial score (nSPS) is 14.6. The summed E-state index contributed by atoms with van der Waals surface area (Å²) in [6.45, 7) is 3.87. The Morgan fingerprint density at radius 3 is 2.23 bits per heavy atom. The fourth-order valence-corrected chi connectivity index (χ4v) is 4.44. The largest absolute Gasteiger partial charge is 0.340 e. The predicted molar refractivity (Wildman–Crippen MR) is 119 cm³/mol. The minimum absolute atomic E-state index is 0.0281. The SMILES string of the molecule is O=C(CCC(=O)N1CCN(Cc2csc(-c3ccccc3)n2)CC1)c1ccccc1. The van der Waals surface area contributed by atoms with Gasteiger partial charge < -0.3 is 4.90 Å². The van der Waals surface area contributed by atoms with Crippen LogP contribution in [0.25, 0.3) is 10.6 Å². The van der Waals surface area contributed by atoms with E-state index in [4.69, 9.17) is 4.98 Å². The number of nitrogens with zero attached hydrogens (tertiary/aromatic N) is 3. The number of thiazole rings is 1. The van der Waals surface area contributed by atoms with Gasteiger partial charge in [-0.1, -0.05) is 60.7 Å². The van der Waals surface area contributed by atoms with Gasteiger partial charge in [0.05, 0.1) is 5.69 Å². The zero-order chi connectivity index (χ0) is 20.8. The zero-order valence-corrected chi connectivity index (χ0v) is 17.7. The third-order valence-corrected chi connectivity index (χ3v) is 6.28. The summed E-state index contributed by atoms with van der Waals surface area (Å²) in [7, 11) is 0. The molecule has 5 nitrogen and oxygen atoms in total. The van der Waals surface area contributed by atoms with Crippen LogP contribution in [0, 0.1) is 0 Å². The Kier molecular flexibility index (Phi) is 6.67. The quantitative estimate of drug-likeness (QED) is 0.541. The van der Waals surface area contributed by atoms with E-state index in [-0.39, 0.29) is 24.5 Å². The van der Waals surface area contributed by atoms with Gasteiger partial charge in [-0.15, -0.1) is 11.3 Å². The van der Waals surface area contributed by atoms with Crippen LogP contribution in [0.4, 0.5) is 0 Å². The lowest BCUT2D eigenvalue weighted by molar-refractivity contribution is -0.133. The summed E-state index contributed by atoms with van der Waals surface area (Å²) in [5.41, 5.74) is 2.90. The van der Waals surface area contributed by atoms with E-state index in [9.17, 15) is 9.59 Å². The third kappa shape index (κ3) is 5.20. The van der Waals surface area contributed by atoms with Gasteiger partial charge >= 0.3 is 0 Å². The third-order valence-electron chi connectivity index (χ3n) is 5.34. The maximum absolute atomic E-state index is 12.5. The molecule has 1 fully saturated rings. The van der Waals surface area contributed by atoms with Crippen LogP contribution in [0.1, 0.15) is 28.9 Å². The van der Waals surface area contributed by atoms with E-state index < -0.39 is 0 Å². The second kappa shape index (κ2) is 9.78. The Morgan fingerprint density at radius 1 is 0.867 bits per heavy atom. The van der Waals surface area contributed by atoms with Crippen molar-refractivity contribution in [1.82, 2.24) is 14.8 Å². The maximum atomic E-state index is 12.5. The van der Waals surface area contributed by atoms with Crippen LogP contribution in [0.3, 0.4) is 0 Å². The molecule has 4 rings (SSSR count). The Labute approximate surface area is 181 Å². The summed E-state index contributed by atoms with van der Waals surface area (Å²) in [6, 6.07) is 19.4. The highest BCUT2D eigenvalue weighted by atomic mass is 32.1. The molecule has 1 aromatic heterocycles. The fourth-order valence-electron chi connectivity index (χ4n) is 3.62. The standard InChI is InChI=1S/C24H25N3O2S/c28-22(19-7-3-1-4-8-19)11-12-23(29)27-15-13-26(14-16-27)17-21-18-30-24(25-21)20-9-5-2-6-10-20/h1-10,18H,11-17H2. The number of carbonyl (C=O) groups excluding carboxylic acids is 2. The highest BCUT2D eigenvalue weighted by Gasteiger charge is 2.22. The van der Waals surface area contributed by atoms with E-state index in [1.54, 1.807) is 23.5 Å². The Balaban J connectivity index is 1.22. The molecule has 0 radical (unpaired) electrons. The lowest BCUT2D eigenvalue weighted by Crippen LogP contribution is -2.48. The number of Topliss-reactive ketones (excluding diaryl/α,β-unsaturated/α-hetero) is 1. The molecule has 0 aliphatic carbocycles. The summed E-state index contributed by atoms with van der Waals surface area (Å²) in [5, 5.41) is 3.16. The van der Waals surface area contributed by atoms with Crippen molar-refractivity contribution in [2.75, 3.05) is 26.2 Å². The molecule has 1 aliphatic rings. The van der Waals surface area contributed by atoms with E-state index >= 15 is 0 Å². The number of rotatable bonds is 7. The number of aromatic nitrogens is 1. The first-order valence-corrected chi connectivity index (χ1v) is 11.2. The average Bonchev–Trinajstić information content (AvgIpc) is 3.27. The molecule has 0 atom stereocenters. The van der Waals surface area contributed by atoms with E-state index in [1.807, 2.05) is 41.3 Å². The number of carbonyl (C=O) groups is 2. The maximum Gasteiger partial charge on any atom is 0.223 e. The number of hydrogen-bond donors (Lipinski definition) is 0. The number of ketones is 1. The van der Waals surface area contributed by atoms with Crippen molar-refractivity contribution in [2.24, 2.45) is 0 Å². The number of benzene rings is 2. The molecule has 1 saturated heterocycles. The van der Waals surface area contributed by atoms with Crippen molar-refractivity contribution >= 4 is 23.0 Å². The highest BCUT2D eigenvalue weighted by Crippen LogP contribution is 2.24. The molecule has 30 heavy (non-hydrogen) atoms. The van der Waals surface area contributed by atoms with Crippen molar-refractivity contribution in [3.05, 3.63) is 77.3 Å².